The van der Waals surface area contributed by atoms with E-state index in [0.29, 0.717) is 0 Å². The standard InChI is InChI=1S/C15H21N3/c1-4-6-15-13(10-16-3)11-17-18(15)14-8-5-7-12(2)9-14/h5,7-9,11,16H,4,6,10H2,1-3H3. The van der Waals surface area contributed by atoms with E-state index >= 15 is 0 Å². The summed E-state index contributed by atoms with van der Waals surface area (Å²) < 4.78 is 2.07. The fourth-order valence-corrected chi connectivity index (χ4v) is 2.23. The van der Waals surface area contributed by atoms with Crippen molar-refractivity contribution in [2.75, 3.05) is 7.05 Å². The molecule has 0 fully saturated rings. The molecule has 96 valence electrons. The Morgan fingerprint density at radius 1 is 1.33 bits per heavy atom. The molecule has 0 unspecified atom stereocenters. The molecule has 0 amide bonds. The Labute approximate surface area is 109 Å². The molecule has 3 heteroatoms. The smallest absolute Gasteiger partial charge is 0.0651 e. The summed E-state index contributed by atoms with van der Waals surface area (Å²) in [6, 6.07) is 8.48. The van der Waals surface area contributed by atoms with Crippen LogP contribution in [0.3, 0.4) is 0 Å². The lowest BCUT2D eigenvalue weighted by Crippen LogP contribution is -2.09. The first kappa shape index (κ1) is 12.8. The molecule has 18 heavy (non-hydrogen) atoms. The molecule has 1 aromatic heterocycles. The lowest BCUT2D eigenvalue weighted by Gasteiger charge is -2.09. The van der Waals surface area contributed by atoms with Crippen molar-refractivity contribution in [2.45, 2.75) is 33.2 Å². The van der Waals surface area contributed by atoms with Gasteiger partial charge in [0.2, 0.25) is 0 Å². The van der Waals surface area contributed by atoms with Crippen molar-refractivity contribution in [3.8, 4) is 5.69 Å². The van der Waals surface area contributed by atoms with Gasteiger partial charge in [-0.25, -0.2) is 4.68 Å². The van der Waals surface area contributed by atoms with Crippen molar-refractivity contribution in [2.24, 2.45) is 0 Å². The number of aromatic nitrogens is 2. The first-order valence-corrected chi connectivity index (χ1v) is 6.53. The average molecular weight is 243 g/mol. The highest BCUT2D eigenvalue weighted by molar-refractivity contribution is 5.38. The van der Waals surface area contributed by atoms with Crippen molar-refractivity contribution in [3.63, 3.8) is 0 Å². The molecule has 0 spiro atoms. The van der Waals surface area contributed by atoms with Crippen molar-refractivity contribution < 1.29 is 0 Å². The lowest BCUT2D eigenvalue weighted by atomic mass is 10.1. The summed E-state index contributed by atoms with van der Waals surface area (Å²) in [5.74, 6) is 0. The summed E-state index contributed by atoms with van der Waals surface area (Å²) >= 11 is 0. The topological polar surface area (TPSA) is 29.9 Å². The summed E-state index contributed by atoms with van der Waals surface area (Å²) in [6.07, 6.45) is 4.17. The minimum atomic E-state index is 0.876. The highest BCUT2D eigenvalue weighted by Crippen LogP contribution is 2.17. The Hall–Kier alpha value is -1.61. The molecule has 0 aliphatic rings. The van der Waals surface area contributed by atoms with Crippen molar-refractivity contribution >= 4 is 0 Å². The van der Waals surface area contributed by atoms with E-state index < -0.39 is 0 Å². The third kappa shape index (κ3) is 2.62. The second-order valence-corrected chi connectivity index (χ2v) is 4.65. The van der Waals surface area contributed by atoms with Crippen LogP contribution in [0.1, 0.15) is 30.2 Å². The van der Waals surface area contributed by atoms with E-state index in [2.05, 4.69) is 53.2 Å². The molecule has 1 N–H and O–H groups in total. The quantitative estimate of drug-likeness (QED) is 0.875. The van der Waals surface area contributed by atoms with E-state index in [1.165, 1.54) is 16.8 Å². The van der Waals surface area contributed by atoms with Gasteiger partial charge in [-0.15, -0.1) is 0 Å². The Bertz CT molecular complexity index is 514. The van der Waals surface area contributed by atoms with E-state index in [-0.39, 0.29) is 0 Å². The molecule has 0 saturated carbocycles. The number of benzene rings is 1. The first-order valence-electron chi connectivity index (χ1n) is 6.53. The van der Waals surface area contributed by atoms with Crippen LogP contribution in [0.5, 0.6) is 0 Å². The molecule has 3 nitrogen and oxygen atoms in total. The molecular weight excluding hydrogens is 222 g/mol. The number of nitrogens with zero attached hydrogens (tertiary/aromatic N) is 2. The highest BCUT2D eigenvalue weighted by Gasteiger charge is 2.10. The molecule has 0 atom stereocenters. The summed E-state index contributed by atoms with van der Waals surface area (Å²) in [5.41, 5.74) is 5.03. The minimum Gasteiger partial charge on any atom is -0.316 e. The lowest BCUT2D eigenvalue weighted by molar-refractivity contribution is 0.749. The fraction of sp³-hybridized carbons (Fsp3) is 0.400. The van der Waals surface area contributed by atoms with Crippen LogP contribution in [0, 0.1) is 6.92 Å². The van der Waals surface area contributed by atoms with Crippen LogP contribution in [0.15, 0.2) is 30.5 Å². The van der Waals surface area contributed by atoms with Crippen molar-refractivity contribution in [1.82, 2.24) is 15.1 Å². The number of hydrogen-bond donors (Lipinski definition) is 1. The molecule has 0 saturated heterocycles. The molecule has 2 aromatic rings. The summed E-state index contributed by atoms with van der Waals surface area (Å²) in [5, 5.41) is 7.75. The van der Waals surface area contributed by atoms with Crippen LogP contribution >= 0.6 is 0 Å². The predicted octanol–water partition coefficient (Wildman–Crippen LogP) is 2.85. The Morgan fingerprint density at radius 3 is 2.83 bits per heavy atom. The van der Waals surface area contributed by atoms with Gasteiger partial charge in [0.1, 0.15) is 0 Å². The Kier molecular flexibility index (Phi) is 4.15. The zero-order chi connectivity index (χ0) is 13.0. The molecule has 0 radical (unpaired) electrons. The minimum absolute atomic E-state index is 0.876. The van der Waals surface area contributed by atoms with Gasteiger partial charge in [0.25, 0.3) is 0 Å². The van der Waals surface area contributed by atoms with Gasteiger partial charge in [0, 0.05) is 17.8 Å². The highest BCUT2D eigenvalue weighted by atomic mass is 15.3. The average Bonchev–Trinajstić information content (AvgIpc) is 2.74. The number of nitrogens with one attached hydrogen (secondary N) is 1. The van der Waals surface area contributed by atoms with Gasteiger partial charge < -0.3 is 5.32 Å². The second-order valence-electron chi connectivity index (χ2n) is 4.65. The van der Waals surface area contributed by atoms with Crippen LogP contribution in [0.25, 0.3) is 5.69 Å². The number of rotatable bonds is 5. The van der Waals surface area contributed by atoms with Gasteiger partial charge >= 0.3 is 0 Å². The molecule has 0 aliphatic heterocycles. The third-order valence-electron chi connectivity index (χ3n) is 3.06. The van der Waals surface area contributed by atoms with Crippen molar-refractivity contribution in [1.29, 1.82) is 0 Å². The molecular formula is C15H21N3. The zero-order valence-electron chi connectivity index (χ0n) is 11.4. The van der Waals surface area contributed by atoms with Crippen LogP contribution in [-0.4, -0.2) is 16.8 Å². The van der Waals surface area contributed by atoms with Crippen molar-refractivity contribution in [3.05, 3.63) is 47.3 Å². The number of hydrogen-bond acceptors (Lipinski definition) is 2. The largest absolute Gasteiger partial charge is 0.316 e. The molecule has 2 rings (SSSR count). The maximum Gasteiger partial charge on any atom is 0.0651 e. The van der Waals surface area contributed by atoms with Crippen LogP contribution in [-0.2, 0) is 13.0 Å². The fourth-order valence-electron chi connectivity index (χ4n) is 2.23. The van der Waals surface area contributed by atoms with Crippen LogP contribution in [0.4, 0.5) is 0 Å². The van der Waals surface area contributed by atoms with E-state index in [9.17, 15) is 0 Å². The van der Waals surface area contributed by atoms with E-state index in [1.807, 2.05) is 13.2 Å². The summed E-state index contributed by atoms with van der Waals surface area (Å²) in [4.78, 5) is 0. The monoisotopic (exact) mass is 243 g/mol. The molecule has 1 heterocycles. The van der Waals surface area contributed by atoms with E-state index in [4.69, 9.17) is 0 Å². The van der Waals surface area contributed by atoms with Crippen LogP contribution < -0.4 is 5.32 Å². The van der Waals surface area contributed by atoms with Crippen LogP contribution in [0.2, 0.25) is 0 Å². The Balaban J connectivity index is 2.43. The Morgan fingerprint density at radius 2 is 2.17 bits per heavy atom. The third-order valence-corrected chi connectivity index (χ3v) is 3.06. The molecule has 1 aromatic carbocycles. The SMILES string of the molecule is CCCc1c(CNC)cnn1-c1cccc(C)c1. The van der Waals surface area contributed by atoms with Gasteiger partial charge in [0.05, 0.1) is 11.9 Å². The van der Waals surface area contributed by atoms with Gasteiger partial charge in [-0.05, 0) is 38.1 Å². The summed E-state index contributed by atoms with van der Waals surface area (Å²) in [7, 11) is 1.97. The van der Waals surface area contributed by atoms with Gasteiger partial charge in [-0.3, -0.25) is 0 Å². The second kappa shape index (κ2) is 5.83. The molecule has 0 bridgehead atoms. The van der Waals surface area contributed by atoms with Gasteiger partial charge in [0.15, 0.2) is 0 Å². The maximum atomic E-state index is 4.54. The van der Waals surface area contributed by atoms with Gasteiger partial charge in [-0.2, -0.15) is 5.10 Å². The first-order chi connectivity index (χ1) is 8.76. The summed E-state index contributed by atoms with van der Waals surface area (Å²) in [6.45, 7) is 5.19. The van der Waals surface area contributed by atoms with Gasteiger partial charge in [-0.1, -0.05) is 25.5 Å². The predicted molar refractivity (Wildman–Crippen MR) is 75.1 cm³/mol. The molecule has 0 aliphatic carbocycles. The van der Waals surface area contributed by atoms with E-state index in [1.54, 1.807) is 0 Å². The maximum absolute atomic E-state index is 4.54. The number of aryl methyl sites for hydroxylation is 1. The van der Waals surface area contributed by atoms with E-state index in [0.717, 1.165) is 25.1 Å². The normalized spacial score (nSPS) is 10.8. The zero-order valence-corrected chi connectivity index (χ0v) is 11.4.